The van der Waals surface area contributed by atoms with Gasteiger partial charge in [-0.3, -0.25) is 9.78 Å². The molecule has 4 aromatic rings. The van der Waals surface area contributed by atoms with Crippen LogP contribution in [0.2, 0.25) is 0 Å². The zero-order chi connectivity index (χ0) is 18.6. The number of nitrogens with zero attached hydrogens (tertiary/aromatic N) is 2. The summed E-state index contributed by atoms with van der Waals surface area (Å²) in [4.78, 5) is 22.9. The van der Waals surface area contributed by atoms with E-state index in [2.05, 4.69) is 29.0 Å². The van der Waals surface area contributed by atoms with E-state index in [0.717, 1.165) is 22.2 Å². The molecule has 0 radical (unpaired) electrons. The lowest BCUT2D eigenvalue weighted by Crippen LogP contribution is -2.33. The van der Waals surface area contributed by atoms with Crippen LogP contribution in [0.15, 0.2) is 85.2 Å². The van der Waals surface area contributed by atoms with E-state index in [1.54, 1.807) is 6.20 Å². The van der Waals surface area contributed by atoms with Crippen LogP contribution < -0.4 is 0 Å². The predicted molar refractivity (Wildman–Crippen MR) is 107 cm³/mol. The molecule has 0 bridgehead atoms. The molecule has 4 nitrogen and oxygen atoms in total. The van der Waals surface area contributed by atoms with E-state index in [-0.39, 0.29) is 11.9 Å². The minimum Gasteiger partial charge on any atom is -0.361 e. The third-order valence-electron chi connectivity index (χ3n) is 4.87. The predicted octanol–water partition coefficient (Wildman–Crippen LogP) is 4.97. The summed E-state index contributed by atoms with van der Waals surface area (Å²) in [5.74, 6) is 0.0000983. The van der Waals surface area contributed by atoms with Crippen molar-refractivity contribution in [2.75, 3.05) is 0 Å². The highest BCUT2D eigenvalue weighted by atomic mass is 16.2. The van der Waals surface area contributed by atoms with Crippen molar-refractivity contribution in [2.45, 2.75) is 19.5 Å². The fraction of sp³-hybridized carbons (Fsp3) is 0.130. The molecule has 4 rings (SSSR count). The third-order valence-corrected chi connectivity index (χ3v) is 4.87. The van der Waals surface area contributed by atoms with Gasteiger partial charge in [-0.05, 0) is 48.9 Å². The number of carbonyl (C=O) groups is 1. The number of pyridine rings is 1. The lowest BCUT2D eigenvalue weighted by atomic mass is 10.0. The Morgan fingerprint density at radius 3 is 2.63 bits per heavy atom. The van der Waals surface area contributed by atoms with Gasteiger partial charge < -0.3 is 9.88 Å². The first kappa shape index (κ1) is 17.0. The molecular weight excluding hydrogens is 334 g/mol. The lowest BCUT2D eigenvalue weighted by Gasteiger charge is -2.29. The molecule has 0 spiro atoms. The fourth-order valence-corrected chi connectivity index (χ4v) is 3.31. The van der Waals surface area contributed by atoms with E-state index in [4.69, 9.17) is 0 Å². The average Bonchev–Trinajstić information content (AvgIpc) is 3.20. The normalized spacial score (nSPS) is 12.0. The molecule has 0 saturated carbocycles. The molecule has 1 unspecified atom stereocenters. The van der Waals surface area contributed by atoms with Gasteiger partial charge >= 0.3 is 0 Å². The van der Waals surface area contributed by atoms with Crippen molar-refractivity contribution in [2.24, 2.45) is 0 Å². The largest absolute Gasteiger partial charge is 0.361 e. The first-order chi connectivity index (χ1) is 13.2. The molecule has 0 aliphatic heterocycles. The van der Waals surface area contributed by atoms with Crippen LogP contribution in [0.1, 0.15) is 34.6 Å². The zero-order valence-corrected chi connectivity index (χ0v) is 15.2. The van der Waals surface area contributed by atoms with Gasteiger partial charge in [-0.15, -0.1) is 0 Å². The molecule has 2 aromatic heterocycles. The maximum atomic E-state index is 13.4. The van der Waals surface area contributed by atoms with E-state index in [9.17, 15) is 4.79 Å². The second-order valence-electron chi connectivity index (χ2n) is 6.62. The van der Waals surface area contributed by atoms with Crippen molar-refractivity contribution in [1.29, 1.82) is 0 Å². The van der Waals surface area contributed by atoms with E-state index < -0.39 is 0 Å². The summed E-state index contributed by atoms with van der Waals surface area (Å²) < 4.78 is 0. The van der Waals surface area contributed by atoms with Gasteiger partial charge in [-0.25, -0.2) is 0 Å². The SMILES string of the molecule is CC(c1ccccc1)N(Cc1ccccn1)C(=O)c1ccc2[nH]ccc2c1. The number of H-pyrrole nitrogens is 1. The van der Waals surface area contributed by atoms with E-state index in [1.807, 2.05) is 71.8 Å². The smallest absolute Gasteiger partial charge is 0.254 e. The Morgan fingerprint density at radius 1 is 1.04 bits per heavy atom. The maximum Gasteiger partial charge on any atom is 0.254 e. The Kier molecular flexibility index (Phi) is 4.71. The van der Waals surface area contributed by atoms with Crippen LogP contribution in [0.5, 0.6) is 0 Å². The molecule has 27 heavy (non-hydrogen) atoms. The van der Waals surface area contributed by atoms with Crippen molar-refractivity contribution in [3.8, 4) is 0 Å². The Hall–Kier alpha value is -3.40. The highest BCUT2D eigenvalue weighted by Gasteiger charge is 2.23. The van der Waals surface area contributed by atoms with E-state index in [0.29, 0.717) is 12.1 Å². The van der Waals surface area contributed by atoms with Crippen LogP contribution in [-0.2, 0) is 6.54 Å². The van der Waals surface area contributed by atoms with Crippen LogP contribution in [0.25, 0.3) is 10.9 Å². The Morgan fingerprint density at radius 2 is 1.85 bits per heavy atom. The number of aromatic nitrogens is 2. The summed E-state index contributed by atoms with van der Waals surface area (Å²) in [6.07, 6.45) is 3.65. The monoisotopic (exact) mass is 355 g/mol. The summed E-state index contributed by atoms with van der Waals surface area (Å²) in [5.41, 5.74) is 3.68. The average molecular weight is 355 g/mol. The van der Waals surface area contributed by atoms with Gasteiger partial charge in [0, 0.05) is 28.9 Å². The molecule has 2 heterocycles. The topological polar surface area (TPSA) is 49.0 Å². The number of aromatic amines is 1. The van der Waals surface area contributed by atoms with Gasteiger partial charge in [0.05, 0.1) is 18.3 Å². The number of nitrogens with one attached hydrogen (secondary N) is 1. The molecule has 1 atom stereocenters. The Balaban J connectivity index is 1.70. The van der Waals surface area contributed by atoms with E-state index >= 15 is 0 Å². The number of hydrogen-bond acceptors (Lipinski definition) is 2. The Labute approximate surface area is 158 Å². The van der Waals surface area contributed by atoms with Crippen LogP contribution in [0.3, 0.4) is 0 Å². The van der Waals surface area contributed by atoms with Crippen molar-refractivity contribution in [3.05, 3.63) is 102 Å². The summed E-state index contributed by atoms with van der Waals surface area (Å²) in [6, 6.07) is 23.6. The molecule has 0 saturated heterocycles. The number of amides is 1. The first-order valence-electron chi connectivity index (χ1n) is 9.05. The maximum absolute atomic E-state index is 13.4. The fourth-order valence-electron chi connectivity index (χ4n) is 3.31. The molecule has 1 amide bonds. The van der Waals surface area contributed by atoms with Gasteiger partial charge in [0.15, 0.2) is 0 Å². The Bertz CT molecular complexity index is 1040. The van der Waals surface area contributed by atoms with Gasteiger partial charge in [0.1, 0.15) is 0 Å². The first-order valence-corrected chi connectivity index (χ1v) is 9.05. The van der Waals surface area contributed by atoms with Crippen LogP contribution in [0, 0.1) is 0 Å². The lowest BCUT2D eigenvalue weighted by molar-refractivity contribution is 0.0671. The van der Waals surface area contributed by atoms with Crippen molar-refractivity contribution in [1.82, 2.24) is 14.9 Å². The quantitative estimate of drug-likeness (QED) is 0.550. The molecule has 134 valence electrons. The molecule has 0 aliphatic carbocycles. The molecule has 0 aliphatic rings. The van der Waals surface area contributed by atoms with E-state index in [1.165, 1.54) is 0 Å². The van der Waals surface area contributed by atoms with Gasteiger partial charge in [-0.2, -0.15) is 0 Å². The second kappa shape index (κ2) is 7.46. The minimum absolute atomic E-state index is 0.0000983. The highest BCUT2D eigenvalue weighted by molar-refractivity contribution is 5.98. The standard InChI is InChI=1S/C23H21N3O/c1-17(18-7-3-2-4-8-18)26(16-21-9-5-6-13-24-21)23(27)20-10-11-22-19(15-20)12-14-25-22/h2-15,17,25H,16H2,1H3. The zero-order valence-electron chi connectivity index (χ0n) is 15.2. The third kappa shape index (κ3) is 3.60. The van der Waals surface area contributed by atoms with Crippen molar-refractivity contribution >= 4 is 16.8 Å². The second-order valence-corrected chi connectivity index (χ2v) is 6.62. The molecule has 1 N–H and O–H groups in total. The minimum atomic E-state index is -0.0670. The number of fused-ring (bicyclic) bond motifs is 1. The summed E-state index contributed by atoms with van der Waals surface area (Å²) >= 11 is 0. The van der Waals surface area contributed by atoms with Crippen LogP contribution in [-0.4, -0.2) is 20.8 Å². The molecule has 2 aromatic carbocycles. The van der Waals surface area contributed by atoms with Gasteiger partial charge in [0.2, 0.25) is 0 Å². The molecule has 4 heteroatoms. The molecular formula is C23H21N3O. The number of rotatable bonds is 5. The van der Waals surface area contributed by atoms with Gasteiger partial charge in [0.25, 0.3) is 5.91 Å². The van der Waals surface area contributed by atoms with Crippen LogP contribution >= 0.6 is 0 Å². The van der Waals surface area contributed by atoms with Crippen molar-refractivity contribution < 1.29 is 4.79 Å². The highest BCUT2D eigenvalue weighted by Crippen LogP contribution is 2.25. The van der Waals surface area contributed by atoms with Crippen molar-refractivity contribution in [3.63, 3.8) is 0 Å². The molecule has 0 fully saturated rings. The summed E-state index contributed by atoms with van der Waals surface area (Å²) in [7, 11) is 0. The van der Waals surface area contributed by atoms with Crippen LogP contribution in [0.4, 0.5) is 0 Å². The van der Waals surface area contributed by atoms with Gasteiger partial charge in [-0.1, -0.05) is 36.4 Å². The number of hydrogen-bond donors (Lipinski definition) is 1. The number of carbonyl (C=O) groups excluding carboxylic acids is 1. The summed E-state index contributed by atoms with van der Waals surface area (Å²) in [5, 5.41) is 1.03. The summed E-state index contributed by atoms with van der Waals surface area (Å²) in [6.45, 7) is 2.52. The number of benzene rings is 2.